The summed E-state index contributed by atoms with van der Waals surface area (Å²) in [6.45, 7) is 2.19. The lowest BCUT2D eigenvalue weighted by atomic mass is 10.1. The number of urea groups is 1. The molecule has 6 nitrogen and oxygen atoms in total. The van der Waals surface area contributed by atoms with Crippen molar-refractivity contribution in [3.05, 3.63) is 54.1 Å². The van der Waals surface area contributed by atoms with Gasteiger partial charge in [0.2, 0.25) is 0 Å². The van der Waals surface area contributed by atoms with Crippen LogP contribution in [0.5, 0.6) is 11.5 Å². The average molecular weight is 328 g/mol. The molecule has 0 saturated heterocycles. The number of ether oxygens (including phenoxy) is 2. The lowest BCUT2D eigenvalue weighted by Crippen LogP contribution is -2.32. The quantitative estimate of drug-likeness (QED) is 0.605. The van der Waals surface area contributed by atoms with Crippen molar-refractivity contribution < 1.29 is 19.1 Å². The van der Waals surface area contributed by atoms with Gasteiger partial charge in [-0.2, -0.15) is 0 Å². The van der Waals surface area contributed by atoms with Gasteiger partial charge >= 0.3 is 6.03 Å². The molecule has 2 aromatic carbocycles. The van der Waals surface area contributed by atoms with Gasteiger partial charge in [-0.25, -0.2) is 4.79 Å². The van der Waals surface area contributed by atoms with Gasteiger partial charge in [0.1, 0.15) is 18.1 Å². The van der Waals surface area contributed by atoms with E-state index in [0.29, 0.717) is 35.9 Å². The lowest BCUT2D eigenvalue weighted by Gasteiger charge is -2.10. The number of carbonyl (C=O) groups excluding carboxylic acids is 2. The molecule has 2 rings (SSSR count). The Morgan fingerprint density at radius 1 is 1.04 bits per heavy atom. The van der Waals surface area contributed by atoms with Crippen molar-refractivity contribution >= 4 is 17.5 Å². The molecule has 126 valence electrons. The van der Waals surface area contributed by atoms with E-state index in [4.69, 9.17) is 9.47 Å². The summed E-state index contributed by atoms with van der Waals surface area (Å²) in [6.07, 6.45) is 0. The molecule has 2 aromatic rings. The van der Waals surface area contributed by atoms with Crippen LogP contribution in [0.4, 0.5) is 10.5 Å². The van der Waals surface area contributed by atoms with Crippen molar-refractivity contribution in [3.63, 3.8) is 0 Å². The maximum Gasteiger partial charge on any atom is 0.319 e. The first-order valence-electron chi connectivity index (χ1n) is 7.51. The van der Waals surface area contributed by atoms with Gasteiger partial charge in [0.15, 0.2) is 5.78 Å². The minimum atomic E-state index is -0.334. The van der Waals surface area contributed by atoms with Crippen LogP contribution in [0.3, 0.4) is 0 Å². The summed E-state index contributed by atoms with van der Waals surface area (Å²) in [4.78, 5) is 23.0. The van der Waals surface area contributed by atoms with Gasteiger partial charge in [-0.3, -0.25) is 4.79 Å². The molecule has 0 aliphatic carbocycles. The first kappa shape index (κ1) is 17.3. The zero-order chi connectivity index (χ0) is 17.4. The molecule has 0 bridgehead atoms. The molecule has 0 saturated carbocycles. The molecule has 24 heavy (non-hydrogen) atoms. The second-order valence-electron chi connectivity index (χ2n) is 5.04. The topological polar surface area (TPSA) is 76.7 Å². The summed E-state index contributed by atoms with van der Waals surface area (Å²) in [5.74, 6) is 1.38. The Kier molecular flexibility index (Phi) is 6.19. The summed E-state index contributed by atoms with van der Waals surface area (Å²) >= 11 is 0. The third-order valence-electron chi connectivity index (χ3n) is 3.25. The molecule has 0 fully saturated rings. The predicted molar refractivity (Wildman–Crippen MR) is 92.0 cm³/mol. The van der Waals surface area contributed by atoms with Crippen molar-refractivity contribution in [1.29, 1.82) is 0 Å². The summed E-state index contributed by atoms with van der Waals surface area (Å²) < 4.78 is 10.6. The largest absolute Gasteiger partial charge is 0.497 e. The number of hydrogen-bond acceptors (Lipinski definition) is 4. The number of carbonyl (C=O) groups is 2. The lowest BCUT2D eigenvalue weighted by molar-refractivity contribution is 0.101. The Morgan fingerprint density at radius 3 is 2.42 bits per heavy atom. The molecule has 0 aliphatic rings. The zero-order valence-corrected chi connectivity index (χ0v) is 13.7. The van der Waals surface area contributed by atoms with Gasteiger partial charge in [0.05, 0.1) is 13.7 Å². The normalized spacial score (nSPS) is 9.92. The van der Waals surface area contributed by atoms with Gasteiger partial charge in [-0.1, -0.05) is 6.07 Å². The highest BCUT2D eigenvalue weighted by Gasteiger charge is 2.03. The first-order valence-corrected chi connectivity index (χ1v) is 7.51. The molecule has 0 spiro atoms. The SMILES string of the molecule is COc1cccc(OCCNC(=O)Nc2ccc(C(C)=O)cc2)c1. The Hall–Kier alpha value is -3.02. The minimum absolute atomic E-state index is 0.0132. The molecule has 0 unspecified atom stereocenters. The van der Waals surface area contributed by atoms with Gasteiger partial charge in [-0.15, -0.1) is 0 Å². The second-order valence-corrected chi connectivity index (χ2v) is 5.04. The maximum absolute atomic E-state index is 11.8. The highest BCUT2D eigenvalue weighted by Crippen LogP contribution is 2.18. The average Bonchev–Trinajstić information content (AvgIpc) is 2.59. The molecule has 6 heteroatoms. The molecule has 2 amide bonds. The second kappa shape index (κ2) is 8.57. The van der Waals surface area contributed by atoms with E-state index in [-0.39, 0.29) is 11.8 Å². The van der Waals surface area contributed by atoms with E-state index in [2.05, 4.69) is 10.6 Å². The molecule has 0 aliphatic heterocycles. The van der Waals surface area contributed by atoms with E-state index in [1.807, 2.05) is 18.2 Å². The maximum atomic E-state index is 11.8. The van der Waals surface area contributed by atoms with Crippen LogP contribution in [0, 0.1) is 0 Å². The van der Waals surface area contributed by atoms with E-state index in [1.54, 1.807) is 37.4 Å². The Bertz CT molecular complexity index is 698. The summed E-state index contributed by atoms with van der Waals surface area (Å²) in [7, 11) is 1.59. The highest BCUT2D eigenvalue weighted by atomic mass is 16.5. The van der Waals surface area contributed by atoms with Crippen LogP contribution >= 0.6 is 0 Å². The number of hydrogen-bond donors (Lipinski definition) is 2. The molecule has 0 aromatic heterocycles. The van der Waals surface area contributed by atoms with Crippen LogP contribution in [-0.2, 0) is 0 Å². The monoisotopic (exact) mass is 328 g/mol. The number of ketones is 1. The Labute approximate surface area is 140 Å². The number of benzene rings is 2. The van der Waals surface area contributed by atoms with Crippen molar-refractivity contribution in [1.82, 2.24) is 5.32 Å². The van der Waals surface area contributed by atoms with E-state index < -0.39 is 0 Å². The molecule has 0 heterocycles. The van der Waals surface area contributed by atoms with Crippen LogP contribution in [0.1, 0.15) is 17.3 Å². The summed E-state index contributed by atoms with van der Waals surface area (Å²) in [5, 5.41) is 5.38. The number of Topliss-reactive ketones (excluding diaryl/α,β-unsaturated/α-hetero) is 1. The third kappa shape index (κ3) is 5.31. The highest BCUT2D eigenvalue weighted by molar-refractivity contribution is 5.95. The predicted octanol–water partition coefficient (Wildman–Crippen LogP) is 3.10. The van der Waals surface area contributed by atoms with Crippen molar-refractivity contribution in [2.75, 3.05) is 25.6 Å². The minimum Gasteiger partial charge on any atom is -0.497 e. The van der Waals surface area contributed by atoms with Gasteiger partial charge in [0, 0.05) is 17.3 Å². The van der Waals surface area contributed by atoms with Crippen LogP contribution in [0.2, 0.25) is 0 Å². The van der Waals surface area contributed by atoms with Crippen molar-refractivity contribution in [3.8, 4) is 11.5 Å². The Morgan fingerprint density at radius 2 is 1.75 bits per heavy atom. The number of nitrogens with one attached hydrogen (secondary N) is 2. The number of anilines is 1. The molecular weight excluding hydrogens is 308 g/mol. The number of rotatable bonds is 7. The van der Waals surface area contributed by atoms with Gasteiger partial charge in [0.25, 0.3) is 0 Å². The Balaban J connectivity index is 1.72. The van der Waals surface area contributed by atoms with Crippen molar-refractivity contribution in [2.45, 2.75) is 6.92 Å². The van der Waals surface area contributed by atoms with E-state index in [9.17, 15) is 9.59 Å². The molecule has 2 N–H and O–H groups in total. The molecular formula is C18H20N2O4. The first-order chi connectivity index (χ1) is 11.6. The smallest absolute Gasteiger partial charge is 0.319 e. The summed E-state index contributed by atoms with van der Waals surface area (Å²) in [5.41, 5.74) is 1.22. The standard InChI is InChI=1S/C18H20N2O4/c1-13(21)14-6-8-15(9-7-14)20-18(22)19-10-11-24-17-5-3-4-16(12-17)23-2/h3-9,12H,10-11H2,1-2H3,(H2,19,20,22). The van der Waals surface area contributed by atoms with Gasteiger partial charge in [-0.05, 0) is 43.3 Å². The van der Waals surface area contributed by atoms with E-state index in [0.717, 1.165) is 0 Å². The number of amides is 2. The van der Waals surface area contributed by atoms with Crippen LogP contribution in [0.25, 0.3) is 0 Å². The van der Waals surface area contributed by atoms with Crippen LogP contribution in [-0.4, -0.2) is 32.1 Å². The number of methoxy groups -OCH3 is 1. The third-order valence-corrected chi connectivity index (χ3v) is 3.25. The molecule has 0 radical (unpaired) electrons. The fourth-order valence-electron chi connectivity index (χ4n) is 1.99. The van der Waals surface area contributed by atoms with E-state index >= 15 is 0 Å². The zero-order valence-electron chi connectivity index (χ0n) is 13.7. The fourth-order valence-corrected chi connectivity index (χ4v) is 1.99. The van der Waals surface area contributed by atoms with Crippen LogP contribution in [0.15, 0.2) is 48.5 Å². The summed E-state index contributed by atoms with van der Waals surface area (Å²) in [6, 6.07) is 13.6. The van der Waals surface area contributed by atoms with E-state index in [1.165, 1.54) is 6.92 Å². The van der Waals surface area contributed by atoms with Crippen molar-refractivity contribution in [2.24, 2.45) is 0 Å². The molecule has 0 atom stereocenters. The van der Waals surface area contributed by atoms with Gasteiger partial charge < -0.3 is 20.1 Å². The van der Waals surface area contributed by atoms with Crippen LogP contribution < -0.4 is 20.1 Å². The fraction of sp³-hybridized carbons (Fsp3) is 0.222.